The van der Waals surface area contributed by atoms with Crippen molar-refractivity contribution in [3.63, 3.8) is 0 Å². The number of carboxylic acid groups (broad SMARTS) is 1. The second kappa shape index (κ2) is 3.20. The lowest BCUT2D eigenvalue weighted by molar-refractivity contribution is -0.149. The highest BCUT2D eigenvalue weighted by Crippen LogP contribution is 2.37. The molecule has 2 atom stereocenters. The highest BCUT2D eigenvalue weighted by molar-refractivity contribution is 5.85. The number of carboxylic acids is 1. The van der Waals surface area contributed by atoms with Gasteiger partial charge >= 0.3 is 5.97 Å². The average Bonchev–Trinajstić information content (AvgIpc) is 2.40. The van der Waals surface area contributed by atoms with Gasteiger partial charge in [-0.1, -0.05) is 0 Å². The van der Waals surface area contributed by atoms with E-state index in [9.17, 15) is 4.79 Å². The van der Waals surface area contributed by atoms with Gasteiger partial charge in [0.2, 0.25) is 0 Å². The Balaban J connectivity index is 0.000000720. The molecule has 2 heterocycles. The van der Waals surface area contributed by atoms with E-state index in [0.29, 0.717) is 26.1 Å². The number of hydrogen-bond donors (Lipinski definition) is 2. The minimum Gasteiger partial charge on any atom is -0.481 e. The van der Waals surface area contributed by atoms with Crippen molar-refractivity contribution < 1.29 is 14.6 Å². The molecule has 0 aromatic carbocycles. The van der Waals surface area contributed by atoms with Crippen LogP contribution in [0.1, 0.15) is 6.42 Å². The molecule has 2 saturated heterocycles. The second-order valence-corrected chi connectivity index (χ2v) is 3.20. The predicted octanol–water partition coefficient (Wildman–Crippen LogP) is -0.129. The van der Waals surface area contributed by atoms with Crippen LogP contribution >= 0.6 is 12.4 Å². The number of hydrogen-bond acceptors (Lipinski definition) is 3. The zero-order valence-electron chi connectivity index (χ0n) is 6.58. The average molecular weight is 194 g/mol. The highest BCUT2D eigenvalue weighted by atomic mass is 35.5. The van der Waals surface area contributed by atoms with Gasteiger partial charge in [-0.05, 0) is 6.42 Å². The summed E-state index contributed by atoms with van der Waals surface area (Å²) in [5.41, 5.74) is -0.611. The Labute approximate surface area is 76.7 Å². The summed E-state index contributed by atoms with van der Waals surface area (Å²) in [4.78, 5) is 10.9. The summed E-state index contributed by atoms with van der Waals surface area (Å²) in [6.45, 7) is 1.85. The standard InChI is InChI=1S/C7H11NO3.ClH/c9-6(10)7-1-2-11-5(7)3-8-4-7;/h5,8H,1-4H2,(H,9,10);1H. The van der Waals surface area contributed by atoms with Crippen LogP contribution < -0.4 is 5.32 Å². The molecule has 2 aliphatic heterocycles. The Bertz CT molecular complexity index is 187. The molecule has 4 nitrogen and oxygen atoms in total. The lowest BCUT2D eigenvalue weighted by Gasteiger charge is -2.19. The molecule has 2 rings (SSSR count). The quantitative estimate of drug-likeness (QED) is 0.609. The van der Waals surface area contributed by atoms with Crippen molar-refractivity contribution in [2.75, 3.05) is 19.7 Å². The molecule has 0 aliphatic carbocycles. The molecule has 12 heavy (non-hydrogen) atoms. The zero-order valence-corrected chi connectivity index (χ0v) is 7.39. The Morgan fingerprint density at radius 2 is 2.42 bits per heavy atom. The van der Waals surface area contributed by atoms with Crippen LogP contribution in [0, 0.1) is 5.41 Å². The van der Waals surface area contributed by atoms with Gasteiger partial charge in [0.1, 0.15) is 5.41 Å². The van der Waals surface area contributed by atoms with Gasteiger partial charge in [-0.3, -0.25) is 4.79 Å². The van der Waals surface area contributed by atoms with Crippen LogP contribution in [-0.2, 0) is 9.53 Å². The smallest absolute Gasteiger partial charge is 0.313 e. The van der Waals surface area contributed by atoms with Crippen LogP contribution in [-0.4, -0.2) is 36.9 Å². The van der Waals surface area contributed by atoms with Crippen molar-refractivity contribution in [3.05, 3.63) is 0 Å². The minimum absolute atomic E-state index is 0. The van der Waals surface area contributed by atoms with Crippen molar-refractivity contribution in [2.24, 2.45) is 5.41 Å². The third-order valence-electron chi connectivity index (χ3n) is 2.68. The summed E-state index contributed by atoms with van der Waals surface area (Å²) >= 11 is 0. The lowest BCUT2D eigenvalue weighted by atomic mass is 9.84. The minimum atomic E-state index is -0.718. The van der Waals surface area contributed by atoms with Crippen LogP contribution in [0.15, 0.2) is 0 Å². The topological polar surface area (TPSA) is 58.6 Å². The molecule has 0 radical (unpaired) electrons. The van der Waals surface area contributed by atoms with Crippen LogP contribution in [0.5, 0.6) is 0 Å². The number of ether oxygens (including phenoxy) is 1. The lowest BCUT2D eigenvalue weighted by Crippen LogP contribution is -2.38. The van der Waals surface area contributed by atoms with E-state index >= 15 is 0 Å². The molecule has 5 heteroatoms. The van der Waals surface area contributed by atoms with Gasteiger partial charge in [0.15, 0.2) is 0 Å². The third kappa shape index (κ3) is 1.11. The number of fused-ring (bicyclic) bond motifs is 1. The molecule has 2 N–H and O–H groups in total. The molecule has 0 aromatic heterocycles. The summed E-state index contributed by atoms with van der Waals surface area (Å²) in [5, 5.41) is 12.0. The maximum absolute atomic E-state index is 10.9. The van der Waals surface area contributed by atoms with E-state index in [1.165, 1.54) is 0 Å². The summed E-state index contributed by atoms with van der Waals surface area (Å²) in [6.07, 6.45) is 0.556. The third-order valence-corrected chi connectivity index (χ3v) is 2.68. The molecular formula is C7H12ClNO3. The number of nitrogens with one attached hydrogen (secondary N) is 1. The van der Waals surface area contributed by atoms with Crippen LogP contribution in [0.25, 0.3) is 0 Å². The maximum atomic E-state index is 10.9. The first kappa shape index (κ1) is 9.77. The van der Waals surface area contributed by atoms with E-state index in [1.807, 2.05) is 0 Å². The zero-order chi connectivity index (χ0) is 7.90. The SMILES string of the molecule is Cl.O=C(O)C12CCOC1CNC2. The van der Waals surface area contributed by atoms with Crippen molar-refractivity contribution >= 4 is 18.4 Å². The van der Waals surface area contributed by atoms with Crippen LogP contribution in [0.4, 0.5) is 0 Å². The van der Waals surface area contributed by atoms with E-state index in [0.717, 1.165) is 0 Å². The largest absolute Gasteiger partial charge is 0.481 e. The fourth-order valence-electron chi connectivity index (χ4n) is 1.91. The van der Waals surface area contributed by atoms with Crippen molar-refractivity contribution in [3.8, 4) is 0 Å². The summed E-state index contributed by atoms with van der Waals surface area (Å²) in [7, 11) is 0. The van der Waals surface area contributed by atoms with E-state index in [-0.39, 0.29) is 18.5 Å². The van der Waals surface area contributed by atoms with Gasteiger partial charge in [-0.15, -0.1) is 12.4 Å². The van der Waals surface area contributed by atoms with Crippen LogP contribution in [0.3, 0.4) is 0 Å². The van der Waals surface area contributed by atoms with Gasteiger partial charge in [-0.25, -0.2) is 0 Å². The monoisotopic (exact) mass is 193 g/mol. The molecule has 2 unspecified atom stereocenters. The Hall–Kier alpha value is -0.320. The molecular weight excluding hydrogens is 182 g/mol. The molecule has 0 bridgehead atoms. The summed E-state index contributed by atoms with van der Waals surface area (Å²) in [6, 6.07) is 0. The van der Waals surface area contributed by atoms with Gasteiger partial charge in [0.25, 0.3) is 0 Å². The number of carbonyl (C=O) groups is 1. The second-order valence-electron chi connectivity index (χ2n) is 3.20. The number of halogens is 1. The molecule has 0 aromatic rings. The van der Waals surface area contributed by atoms with E-state index < -0.39 is 11.4 Å². The molecule has 2 aliphatic rings. The van der Waals surface area contributed by atoms with Crippen molar-refractivity contribution in [2.45, 2.75) is 12.5 Å². The van der Waals surface area contributed by atoms with Gasteiger partial charge in [0, 0.05) is 19.7 Å². The summed E-state index contributed by atoms with van der Waals surface area (Å²) < 4.78 is 5.30. The highest BCUT2D eigenvalue weighted by Gasteiger charge is 2.53. The van der Waals surface area contributed by atoms with Gasteiger partial charge in [-0.2, -0.15) is 0 Å². The van der Waals surface area contributed by atoms with E-state index in [1.54, 1.807) is 0 Å². The normalized spacial score (nSPS) is 38.8. The predicted molar refractivity (Wildman–Crippen MR) is 44.5 cm³/mol. The van der Waals surface area contributed by atoms with Gasteiger partial charge in [0.05, 0.1) is 6.10 Å². The van der Waals surface area contributed by atoms with Crippen LogP contribution in [0.2, 0.25) is 0 Å². The fourth-order valence-corrected chi connectivity index (χ4v) is 1.91. The van der Waals surface area contributed by atoms with E-state index in [4.69, 9.17) is 9.84 Å². The number of rotatable bonds is 1. The Morgan fingerprint density at radius 1 is 1.67 bits per heavy atom. The molecule has 0 amide bonds. The molecule has 70 valence electrons. The summed E-state index contributed by atoms with van der Waals surface area (Å²) in [5.74, 6) is -0.718. The van der Waals surface area contributed by atoms with E-state index in [2.05, 4.69) is 5.32 Å². The first-order valence-corrected chi connectivity index (χ1v) is 3.81. The fraction of sp³-hybridized carbons (Fsp3) is 0.857. The first-order valence-electron chi connectivity index (χ1n) is 3.81. The molecule has 0 saturated carbocycles. The molecule has 2 fully saturated rings. The maximum Gasteiger partial charge on any atom is 0.313 e. The number of aliphatic carboxylic acids is 1. The first-order chi connectivity index (χ1) is 5.26. The Morgan fingerprint density at radius 3 is 3.00 bits per heavy atom. The van der Waals surface area contributed by atoms with Gasteiger partial charge < -0.3 is 15.2 Å². The van der Waals surface area contributed by atoms with Crippen molar-refractivity contribution in [1.82, 2.24) is 5.32 Å². The molecule has 0 spiro atoms. The van der Waals surface area contributed by atoms with Crippen molar-refractivity contribution in [1.29, 1.82) is 0 Å². The Kier molecular flexibility index (Phi) is 2.61.